The molecule has 0 bridgehead atoms. The maximum absolute atomic E-state index is 13.0. The molecule has 1 heterocycles. The van der Waals surface area contributed by atoms with E-state index in [0.717, 1.165) is 5.56 Å². The van der Waals surface area contributed by atoms with Crippen molar-refractivity contribution in [2.45, 2.75) is 6.92 Å². The summed E-state index contributed by atoms with van der Waals surface area (Å²) in [6.45, 7) is 1.59. The number of hydrogen-bond donors (Lipinski definition) is 1. The highest BCUT2D eigenvalue weighted by molar-refractivity contribution is 6.37. The van der Waals surface area contributed by atoms with Crippen LogP contribution in [0, 0.1) is 0 Å². The fourth-order valence-corrected chi connectivity index (χ4v) is 3.61. The molecular weight excluding hydrogens is 454 g/mol. The van der Waals surface area contributed by atoms with Crippen LogP contribution in [0.25, 0.3) is 6.08 Å². The number of nitrogens with zero attached hydrogens (tertiary/aromatic N) is 2. The van der Waals surface area contributed by atoms with Crippen LogP contribution in [-0.2, 0) is 9.59 Å². The van der Waals surface area contributed by atoms with E-state index in [0.29, 0.717) is 39.2 Å². The van der Waals surface area contributed by atoms with E-state index in [1.807, 2.05) is 18.2 Å². The Morgan fingerprint density at radius 2 is 1.79 bits per heavy atom. The molecule has 2 amide bonds. The fraction of sp³-hybridized carbons (Fsp3) is 0.115. The Balaban J connectivity index is 1.48. The van der Waals surface area contributed by atoms with Crippen LogP contribution in [0.3, 0.4) is 0 Å². The smallest absolute Gasteiger partial charge is 0.280 e. The van der Waals surface area contributed by atoms with Gasteiger partial charge >= 0.3 is 0 Å². The Kier molecular flexibility index (Phi) is 6.94. The van der Waals surface area contributed by atoms with E-state index in [1.54, 1.807) is 67.6 Å². The summed E-state index contributed by atoms with van der Waals surface area (Å²) in [5.41, 5.74) is 2.94. The third kappa shape index (κ3) is 5.10. The number of methoxy groups -OCH3 is 1. The Morgan fingerprint density at radius 1 is 1.06 bits per heavy atom. The zero-order valence-electron chi connectivity index (χ0n) is 18.6. The van der Waals surface area contributed by atoms with Crippen molar-refractivity contribution in [1.29, 1.82) is 0 Å². The van der Waals surface area contributed by atoms with Crippen LogP contribution >= 0.6 is 11.6 Å². The largest absolute Gasteiger partial charge is 0.493 e. The van der Waals surface area contributed by atoms with E-state index < -0.39 is 0 Å². The summed E-state index contributed by atoms with van der Waals surface area (Å²) in [7, 11) is 1.51. The minimum atomic E-state index is -0.289. The second-order valence-electron chi connectivity index (χ2n) is 7.42. The van der Waals surface area contributed by atoms with Crippen LogP contribution in [0.1, 0.15) is 12.5 Å². The standard InChI is InChI=1S/C26H22ClN3O4/c1-17-20(26(32)30(29-17)22-11-7-6-10-21(22)27)14-18-12-13-23(24(15-18)33-2)34-16-25(31)28-19-8-4-3-5-9-19/h3-15H,16H2,1-2H3,(H,28,31). The molecule has 0 saturated carbocycles. The molecule has 3 aromatic carbocycles. The van der Waals surface area contributed by atoms with Crippen molar-refractivity contribution in [2.24, 2.45) is 5.10 Å². The van der Waals surface area contributed by atoms with Crippen LogP contribution in [0.15, 0.2) is 83.5 Å². The van der Waals surface area contributed by atoms with Crippen LogP contribution in [0.4, 0.5) is 11.4 Å². The molecule has 0 radical (unpaired) electrons. The van der Waals surface area contributed by atoms with Gasteiger partial charge in [0.25, 0.3) is 11.8 Å². The predicted octanol–water partition coefficient (Wildman–Crippen LogP) is 5.17. The first-order valence-corrected chi connectivity index (χ1v) is 10.9. The van der Waals surface area contributed by atoms with Crippen molar-refractivity contribution in [1.82, 2.24) is 0 Å². The first-order chi connectivity index (χ1) is 16.5. The second-order valence-corrected chi connectivity index (χ2v) is 7.83. The quantitative estimate of drug-likeness (QED) is 0.478. The number of nitrogens with one attached hydrogen (secondary N) is 1. The molecule has 1 aliphatic heterocycles. The summed E-state index contributed by atoms with van der Waals surface area (Å²) < 4.78 is 11.1. The van der Waals surface area contributed by atoms with E-state index in [9.17, 15) is 9.59 Å². The molecule has 0 spiro atoms. The predicted molar refractivity (Wildman–Crippen MR) is 134 cm³/mol. The van der Waals surface area contributed by atoms with Gasteiger partial charge in [0.15, 0.2) is 18.1 Å². The lowest BCUT2D eigenvalue weighted by molar-refractivity contribution is -0.118. The van der Waals surface area contributed by atoms with Gasteiger partial charge in [-0.05, 0) is 55.0 Å². The molecule has 3 aromatic rings. The van der Waals surface area contributed by atoms with Crippen molar-refractivity contribution in [3.63, 3.8) is 0 Å². The average molecular weight is 476 g/mol. The van der Waals surface area contributed by atoms with Crippen LogP contribution in [0.5, 0.6) is 11.5 Å². The molecule has 0 unspecified atom stereocenters. The minimum absolute atomic E-state index is 0.178. The van der Waals surface area contributed by atoms with Gasteiger partial charge in [-0.1, -0.05) is 48.0 Å². The molecule has 0 atom stereocenters. The van der Waals surface area contributed by atoms with E-state index in [1.165, 1.54) is 12.1 Å². The molecule has 1 N–H and O–H groups in total. The highest BCUT2D eigenvalue weighted by Crippen LogP contribution is 2.32. The third-order valence-electron chi connectivity index (χ3n) is 5.06. The van der Waals surface area contributed by atoms with Gasteiger partial charge in [0.05, 0.1) is 29.1 Å². The zero-order valence-corrected chi connectivity index (χ0v) is 19.4. The van der Waals surface area contributed by atoms with Crippen molar-refractivity contribution in [2.75, 3.05) is 24.0 Å². The first kappa shape index (κ1) is 23.1. The highest BCUT2D eigenvalue weighted by atomic mass is 35.5. The number of anilines is 2. The summed E-state index contributed by atoms with van der Waals surface area (Å²) in [4.78, 5) is 25.2. The molecule has 0 aromatic heterocycles. The summed E-state index contributed by atoms with van der Waals surface area (Å²) in [6.07, 6.45) is 1.73. The van der Waals surface area contributed by atoms with Gasteiger partial charge in [-0.3, -0.25) is 9.59 Å². The molecule has 8 heteroatoms. The SMILES string of the molecule is COc1cc(C=C2C(=O)N(c3ccccc3Cl)N=C2C)ccc1OCC(=O)Nc1ccccc1. The maximum Gasteiger partial charge on any atom is 0.280 e. The van der Waals surface area contributed by atoms with Gasteiger partial charge in [0.1, 0.15) is 0 Å². The van der Waals surface area contributed by atoms with E-state index in [2.05, 4.69) is 10.4 Å². The first-order valence-electron chi connectivity index (χ1n) is 10.5. The number of hydrogen-bond acceptors (Lipinski definition) is 5. The van der Waals surface area contributed by atoms with Gasteiger partial charge in [0, 0.05) is 5.69 Å². The summed E-state index contributed by atoms with van der Waals surface area (Å²) in [5.74, 6) is 0.281. The number of ether oxygens (including phenoxy) is 2. The topological polar surface area (TPSA) is 80.2 Å². The van der Waals surface area contributed by atoms with Crippen LogP contribution < -0.4 is 19.8 Å². The molecule has 34 heavy (non-hydrogen) atoms. The Labute approximate surface area is 202 Å². The number of hydrazone groups is 1. The lowest BCUT2D eigenvalue weighted by Crippen LogP contribution is -2.21. The summed E-state index contributed by atoms with van der Waals surface area (Å²) in [5, 5.41) is 8.86. The monoisotopic (exact) mass is 475 g/mol. The molecule has 0 saturated heterocycles. The number of amides is 2. The average Bonchev–Trinajstić information content (AvgIpc) is 3.12. The molecule has 0 aliphatic carbocycles. The highest BCUT2D eigenvalue weighted by Gasteiger charge is 2.29. The van der Waals surface area contributed by atoms with Crippen LogP contribution in [0.2, 0.25) is 5.02 Å². The van der Waals surface area contributed by atoms with Crippen molar-refractivity contribution < 1.29 is 19.1 Å². The Morgan fingerprint density at radius 3 is 2.53 bits per heavy atom. The van der Waals surface area contributed by atoms with Gasteiger partial charge in [-0.2, -0.15) is 10.1 Å². The second kappa shape index (κ2) is 10.2. The third-order valence-corrected chi connectivity index (χ3v) is 5.38. The molecule has 1 aliphatic rings. The van der Waals surface area contributed by atoms with E-state index in [-0.39, 0.29) is 18.4 Å². The lowest BCUT2D eigenvalue weighted by atomic mass is 10.1. The van der Waals surface area contributed by atoms with E-state index in [4.69, 9.17) is 21.1 Å². The maximum atomic E-state index is 13.0. The number of para-hydroxylation sites is 2. The number of rotatable bonds is 7. The fourth-order valence-electron chi connectivity index (χ4n) is 3.39. The molecule has 7 nitrogen and oxygen atoms in total. The lowest BCUT2D eigenvalue weighted by Gasteiger charge is -2.13. The van der Waals surface area contributed by atoms with E-state index >= 15 is 0 Å². The number of carbonyl (C=O) groups is 2. The molecular formula is C26H22ClN3O4. The molecule has 4 rings (SSSR count). The minimum Gasteiger partial charge on any atom is -0.493 e. The van der Waals surface area contributed by atoms with Crippen molar-refractivity contribution in [3.8, 4) is 11.5 Å². The van der Waals surface area contributed by atoms with Crippen LogP contribution in [-0.4, -0.2) is 31.2 Å². The van der Waals surface area contributed by atoms with Gasteiger partial charge in [-0.25, -0.2) is 0 Å². The van der Waals surface area contributed by atoms with Crippen molar-refractivity contribution >= 4 is 46.6 Å². The van der Waals surface area contributed by atoms with Gasteiger partial charge < -0.3 is 14.8 Å². The summed E-state index contributed by atoms with van der Waals surface area (Å²) >= 11 is 6.24. The Hall–Kier alpha value is -4.10. The van der Waals surface area contributed by atoms with Gasteiger partial charge in [-0.15, -0.1) is 0 Å². The van der Waals surface area contributed by atoms with Gasteiger partial charge in [0.2, 0.25) is 0 Å². The number of carbonyl (C=O) groups excluding carboxylic acids is 2. The normalized spacial score (nSPS) is 14.2. The zero-order chi connectivity index (χ0) is 24.1. The molecule has 0 fully saturated rings. The number of halogens is 1. The number of benzene rings is 3. The Bertz CT molecular complexity index is 1290. The molecule has 172 valence electrons. The van der Waals surface area contributed by atoms with Crippen molar-refractivity contribution in [3.05, 3.63) is 89.0 Å². The summed E-state index contributed by atoms with van der Waals surface area (Å²) in [6, 6.07) is 21.4.